The van der Waals surface area contributed by atoms with E-state index in [1.165, 1.54) is 20.5 Å². The molecule has 4 nitrogen and oxygen atoms in total. The van der Waals surface area contributed by atoms with E-state index in [2.05, 4.69) is 10.3 Å². The average Bonchev–Trinajstić information content (AvgIpc) is 1.87. The number of aliphatic imine (C=N–C) groups is 1. The second-order valence-corrected chi connectivity index (χ2v) is 1.41. The van der Waals surface area contributed by atoms with Gasteiger partial charge < -0.3 is 20.8 Å². The van der Waals surface area contributed by atoms with Gasteiger partial charge in [-0.1, -0.05) is 7.43 Å². The number of hydrogen-bond donors (Lipinski definition) is 2. The van der Waals surface area contributed by atoms with E-state index in [0.717, 1.165) is 0 Å². The summed E-state index contributed by atoms with van der Waals surface area (Å²) in [6.45, 7) is 0. The Bertz CT molecular complexity index is 136. The first kappa shape index (κ1) is 17.1. The van der Waals surface area contributed by atoms with Crippen molar-refractivity contribution in [3.63, 3.8) is 0 Å². The molecule has 0 aromatic heterocycles. The molecule has 1 amide bonds. The molecule has 0 bridgehead atoms. The summed E-state index contributed by atoms with van der Waals surface area (Å²) < 4.78 is 0. The maximum Gasteiger partial charge on any atom is 0.0888 e. The van der Waals surface area contributed by atoms with Gasteiger partial charge in [0.05, 0.1) is 5.91 Å². The number of carbonyl (C=O) groups excluding carboxylic acids is 1. The van der Waals surface area contributed by atoms with E-state index in [1.807, 2.05) is 0 Å². The maximum atomic E-state index is 10.5. The summed E-state index contributed by atoms with van der Waals surface area (Å²) in [6, 6.07) is 0. The molecule has 0 aromatic carbocycles. The number of rotatable bonds is 2. The van der Waals surface area contributed by atoms with Crippen LogP contribution >= 0.6 is 0 Å². The van der Waals surface area contributed by atoms with Crippen molar-refractivity contribution in [2.45, 2.75) is 7.43 Å². The number of amidine groups is 1. The Labute approximate surface area is 92.9 Å². The number of nitrogens with one attached hydrogen (secondary N) is 1. The fourth-order valence-electron chi connectivity index (χ4n) is 0.271. The molecule has 5 heteroatoms. The minimum atomic E-state index is -0.238. The minimum absolute atomic E-state index is 0. The Kier molecular flexibility index (Phi) is 15.4. The molecule has 0 atom stereocenters. The number of amides is 1. The van der Waals surface area contributed by atoms with Gasteiger partial charge in [0.2, 0.25) is 0 Å². The van der Waals surface area contributed by atoms with Crippen molar-refractivity contribution >= 4 is 11.7 Å². The van der Waals surface area contributed by atoms with E-state index in [1.54, 1.807) is 0 Å². The van der Waals surface area contributed by atoms with Gasteiger partial charge in [0.15, 0.2) is 0 Å². The van der Waals surface area contributed by atoms with Crippen LogP contribution in [-0.4, -0.2) is 25.8 Å². The standard InChI is InChI=1S/C5H10N3O.CH4.Y/c1-7-4(6)3-5(9)8-2;;/h3H,1-2H3,(H2,6,7)(H,8,9);1H4;/q-1;;. The van der Waals surface area contributed by atoms with Crippen molar-refractivity contribution in [3.8, 4) is 0 Å². The zero-order chi connectivity index (χ0) is 7.28. The third kappa shape index (κ3) is 9.91. The molecule has 0 heterocycles. The van der Waals surface area contributed by atoms with Gasteiger partial charge in [-0.3, -0.25) is 0 Å². The average molecular weight is 233 g/mol. The second kappa shape index (κ2) is 9.91. The van der Waals surface area contributed by atoms with Crippen molar-refractivity contribution in [1.82, 2.24) is 5.32 Å². The molecule has 0 unspecified atom stereocenters. The van der Waals surface area contributed by atoms with Gasteiger partial charge in [-0.15, -0.1) is 0 Å². The fourth-order valence-corrected chi connectivity index (χ4v) is 0.271. The van der Waals surface area contributed by atoms with Crippen molar-refractivity contribution in [1.29, 1.82) is 0 Å². The molecule has 0 saturated heterocycles. The van der Waals surface area contributed by atoms with Crippen molar-refractivity contribution in [2.24, 2.45) is 10.7 Å². The molecule has 3 N–H and O–H groups in total. The van der Waals surface area contributed by atoms with Crippen molar-refractivity contribution in [3.05, 3.63) is 6.42 Å². The Morgan fingerprint density at radius 1 is 1.64 bits per heavy atom. The topological polar surface area (TPSA) is 67.5 Å². The molecule has 1 radical (unpaired) electrons. The molecule has 0 aliphatic rings. The van der Waals surface area contributed by atoms with E-state index in [-0.39, 0.29) is 51.9 Å². The Balaban J connectivity index is -0.000000320. The quantitative estimate of drug-likeness (QED) is 0.385. The van der Waals surface area contributed by atoms with Crippen LogP contribution in [-0.2, 0) is 37.5 Å². The molecule has 0 spiro atoms. The zero-order valence-corrected chi connectivity index (χ0v) is 8.93. The van der Waals surface area contributed by atoms with Gasteiger partial charge in [0.1, 0.15) is 0 Å². The van der Waals surface area contributed by atoms with Gasteiger partial charge in [-0.25, -0.2) is 6.42 Å². The first-order chi connectivity index (χ1) is 4.20. The Morgan fingerprint density at radius 2 is 2.09 bits per heavy atom. The molecule has 0 aliphatic carbocycles. The third-order valence-electron chi connectivity index (χ3n) is 0.784. The van der Waals surface area contributed by atoms with E-state index >= 15 is 0 Å². The van der Waals surface area contributed by atoms with Gasteiger partial charge in [0.25, 0.3) is 0 Å². The first-order valence-electron chi connectivity index (χ1n) is 2.49. The third-order valence-corrected chi connectivity index (χ3v) is 0.784. The summed E-state index contributed by atoms with van der Waals surface area (Å²) >= 11 is 0. The zero-order valence-electron chi connectivity index (χ0n) is 6.09. The smallest absolute Gasteiger partial charge is 0.0888 e. The second-order valence-electron chi connectivity index (χ2n) is 1.41. The SMILES string of the molecule is C.CN=C(N)[CH-]C(=O)NC.[Y]. The molecular weight excluding hydrogens is 219 g/mol. The largest absolute Gasteiger partial charge is 0.411 e. The molecule has 0 rings (SSSR count). The van der Waals surface area contributed by atoms with Crippen molar-refractivity contribution < 1.29 is 37.5 Å². The summed E-state index contributed by atoms with van der Waals surface area (Å²) in [6.07, 6.45) is 1.22. The molecule has 0 aromatic rings. The van der Waals surface area contributed by atoms with E-state index in [0.29, 0.717) is 0 Å². The summed E-state index contributed by atoms with van der Waals surface area (Å²) in [7, 11) is 3.05. The number of hydrogen-bond acceptors (Lipinski definition) is 2. The molecule has 0 saturated carbocycles. The predicted octanol–water partition coefficient (Wildman–Crippen LogP) is -0.443. The van der Waals surface area contributed by atoms with Gasteiger partial charge in [-0.2, -0.15) is 0 Å². The van der Waals surface area contributed by atoms with Crippen molar-refractivity contribution in [2.75, 3.05) is 14.1 Å². The normalized spacial score (nSPS) is 8.73. The Hall–Kier alpha value is -0.0861. The first-order valence-corrected chi connectivity index (χ1v) is 2.49. The van der Waals surface area contributed by atoms with Gasteiger partial charge >= 0.3 is 0 Å². The van der Waals surface area contributed by atoms with E-state index in [9.17, 15) is 4.79 Å². The fraction of sp³-hybridized carbons (Fsp3) is 0.500. The van der Waals surface area contributed by atoms with Crippen LogP contribution < -0.4 is 11.1 Å². The monoisotopic (exact) mass is 233 g/mol. The molecule has 63 valence electrons. The molecular formula is C6H14N3OY-. The summed E-state index contributed by atoms with van der Waals surface area (Å²) in [5.41, 5.74) is 5.18. The van der Waals surface area contributed by atoms with Crippen LogP contribution in [0.2, 0.25) is 0 Å². The molecule has 0 fully saturated rings. The summed E-state index contributed by atoms with van der Waals surface area (Å²) in [4.78, 5) is 14.0. The molecule has 11 heavy (non-hydrogen) atoms. The summed E-state index contributed by atoms with van der Waals surface area (Å²) in [5, 5.41) is 2.37. The van der Waals surface area contributed by atoms with Crippen LogP contribution in [0.3, 0.4) is 0 Å². The van der Waals surface area contributed by atoms with E-state index in [4.69, 9.17) is 5.73 Å². The van der Waals surface area contributed by atoms with Gasteiger partial charge in [0, 0.05) is 46.8 Å². The van der Waals surface area contributed by atoms with Crippen LogP contribution in [0.15, 0.2) is 4.99 Å². The number of carbonyl (C=O) groups is 1. The minimum Gasteiger partial charge on any atom is -0.411 e. The van der Waals surface area contributed by atoms with E-state index < -0.39 is 0 Å². The Morgan fingerprint density at radius 3 is 2.36 bits per heavy atom. The van der Waals surface area contributed by atoms with Crippen LogP contribution in [0.1, 0.15) is 7.43 Å². The maximum absolute atomic E-state index is 10.5. The van der Waals surface area contributed by atoms with Crippen LogP contribution in [0.25, 0.3) is 0 Å². The van der Waals surface area contributed by atoms with Gasteiger partial charge in [-0.05, 0) is 5.84 Å². The molecule has 0 aliphatic heterocycles. The predicted molar refractivity (Wildman–Crippen MR) is 42.6 cm³/mol. The van der Waals surface area contributed by atoms with Crippen LogP contribution in [0.4, 0.5) is 0 Å². The van der Waals surface area contributed by atoms with Crippen LogP contribution in [0.5, 0.6) is 0 Å². The van der Waals surface area contributed by atoms with Crippen LogP contribution in [0, 0.1) is 6.42 Å². The summed E-state index contributed by atoms with van der Waals surface area (Å²) in [5.74, 6) is -0.00699. The number of nitrogens with two attached hydrogens (primary N) is 1. The number of nitrogens with zero attached hydrogens (tertiary/aromatic N) is 1.